The summed E-state index contributed by atoms with van der Waals surface area (Å²) in [7, 11) is 3.25. The normalized spacial score (nSPS) is 11.7. The molecule has 0 spiro atoms. The van der Waals surface area contributed by atoms with E-state index in [0.29, 0.717) is 40.2 Å². The second-order valence-corrected chi connectivity index (χ2v) is 6.79. The van der Waals surface area contributed by atoms with Crippen molar-refractivity contribution in [2.45, 2.75) is 26.0 Å². The van der Waals surface area contributed by atoms with Crippen molar-refractivity contribution < 1.29 is 18.8 Å². The molecule has 1 heterocycles. The number of hydrogen-bond donors (Lipinski definition) is 0. The van der Waals surface area contributed by atoms with Gasteiger partial charge < -0.3 is 18.9 Å². The van der Waals surface area contributed by atoms with Crippen molar-refractivity contribution in [2.24, 2.45) is 0 Å². The second kappa shape index (κ2) is 9.43. The van der Waals surface area contributed by atoms with Crippen molar-refractivity contribution in [1.29, 1.82) is 0 Å². The fourth-order valence-electron chi connectivity index (χ4n) is 2.74. The Bertz CT molecular complexity index is 976. The Kier molecular flexibility index (Phi) is 6.72. The number of nitrogens with zero attached hydrogens (tertiary/aromatic N) is 3. The van der Waals surface area contributed by atoms with Gasteiger partial charge in [0.2, 0.25) is 11.7 Å². The molecule has 152 valence electrons. The van der Waals surface area contributed by atoms with E-state index in [1.165, 1.54) is 4.90 Å². The SMILES string of the molecule is CCC(Oc1cccc(OC)c1)C(=O)N(C)Cc1nc(-c2ccccc2Cl)no1. The fourth-order valence-corrected chi connectivity index (χ4v) is 2.97. The van der Waals surface area contributed by atoms with Crippen LogP contribution in [0.4, 0.5) is 0 Å². The minimum absolute atomic E-state index is 0.161. The van der Waals surface area contributed by atoms with Crippen molar-refractivity contribution >= 4 is 17.5 Å². The van der Waals surface area contributed by atoms with Crippen LogP contribution in [-0.2, 0) is 11.3 Å². The van der Waals surface area contributed by atoms with E-state index in [9.17, 15) is 4.79 Å². The summed E-state index contributed by atoms with van der Waals surface area (Å²) in [6.07, 6.45) is -0.132. The standard InChI is InChI=1S/C21H22ClN3O4/c1-4-18(28-15-9-7-8-14(12-15)27-3)21(26)25(2)13-19-23-20(24-29-19)16-10-5-6-11-17(16)22/h5-12,18H,4,13H2,1-3H3. The smallest absolute Gasteiger partial charge is 0.263 e. The average molecular weight is 416 g/mol. The predicted molar refractivity (Wildman–Crippen MR) is 109 cm³/mol. The Balaban J connectivity index is 1.67. The molecule has 0 fully saturated rings. The monoisotopic (exact) mass is 415 g/mol. The third-order valence-corrected chi connectivity index (χ3v) is 4.63. The van der Waals surface area contributed by atoms with Crippen LogP contribution in [0.5, 0.6) is 11.5 Å². The molecule has 0 saturated carbocycles. The number of halogens is 1. The van der Waals surface area contributed by atoms with E-state index in [0.717, 1.165) is 0 Å². The minimum Gasteiger partial charge on any atom is -0.497 e. The highest BCUT2D eigenvalue weighted by Gasteiger charge is 2.24. The molecule has 3 aromatic rings. The fraction of sp³-hybridized carbons (Fsp3) is 0.286. The number of aromatic nitrogens is 2. The Morgan fingerprint density at radius 1 is 1.21 bits per heavy atom. The van der Waals surface area contributed by atoms with Gasteiger partial charge in [-0.25, -0.2) is 0 Å². The zero-order chi connectivity index (χ0) is 20.8. The first-order chi connectivity index (χ1) is 14.0. The largest absolute Gasteiger partial charge is 0.497 e. The van der Waals surface area contributed by atoms with Crippen molar-refractivity contribution in [2.75, 3.05) is 14.2 Å². The van der Waals surface area contributed by atoms with E-state index in [-0.39, 0.29) is 12.5 Å². The molecule has 1 amide bonds. The van der Waals surface area contributed by atoms with Gasteiger partial charge in [-0.2, -0.15) is 4.98 Å². The van der Waals surface area contributed by atoms with Gasteiger partial charge >= 0.3 is 0 Å². The molecule has 3 rings (SSSR count). The quantitative estimate of drug-likeness (QED) is 0.548. The van der Waals surface area contributed by atoms with Gasteiger partial charge in [0.15, 0.2) is 6.10 Å². The van der Waals surface area contributed by atoms with Gasteiger partial charge in [-0.15, -0.1) is 0 Å². The van der Waals surface area contributed by atoms with Gasteiger partial charge in [-0.1, -0.05) is 41.9 Å². The summed E-state index contributed by atoms with van der Waals surface area (Å²) in [6, 6.07) is 14.4. The van der Waals surface area contributed by atoms with Gasteiger partial charge in [-0.3, -0.25) is 4.79 Å². The maximum absolute atomic E-state index is 12.8. The number of hydrogen-bond acceptors (Lipinski definition) is 6. The lowest BCUT2D eigenvalue weighted by Gasteiger charge is -2.22. The Morgan fingerprint density at radius 3 is 2.69 bits per heavy atom. The summed E-state index contributed by atoms with van der Waals surface area (Å²) in [5.41, 5.74) is 0.672. The Morgan fingerprint density at radius 2 is 1.97 bits per heavy atom. The van der Waals surface area contributed by atoms with Crippen LogP contribution in [0.25, 0.3) is 11.4 Å². The molecule has 0 N–H and O–H groups in total. The molecule has 0 bridgehead atoms. The number of methoxy groups -OCH3 is 1. The lowest BCUT2D eigenvalue weighted by molar-refractivity contribution is -0.138. The van der Waals surface area contributed by atoms with Gasteiger partial charge in [-0.05, 0) is 30.7 Å². The van der Waals surface area contributed by atoms with Gasteiger partial charge in [0.1, 0.15) is 11.5 Å². The number of carbonyl (C=O) groups is 1. The molecule has 0 aliphatic carbocycles. The second-order valence-electron chi connectivity index (χ2n) is 6.38. The summed E-state index contributed by atoms with van der Waals surface area (Å²) in [5.74, 6) is 1.74. The van der Waals surface area contributed by atoms with Gasteiger partial charge in [0.05, 0.1) is 18.7 Å². The first-order valence-corrected chi connectivity index (χ1v) is 9.52. The van der Waals surface area contributed by atoms with Crippen LogP contribution in [0, 0.1) is 0 Å². The lowest BCUT2D eigenvalue weighted by Crippen LogP contribution is -2.39. The molecule has 29 heavy (non-hydrogen) atoms. The highest BCUT2D eigenvalue weighted by Crippen LogP contribution is 2.25. The minimum atomic E-state index is -0.641. The molecule has 1 unspecified atom stereocenters. The first kappa shape index (κ1) is 20.7. The molecular weight excluding hydrogens is 394 g/mol. The van der Waals surface area contributed by atoms with Crippen molar-refractivity contribution in [1.82, 2.24) is 15.0 Å². The summed E-state index contributed by atoms with van der Waals surface area (Å²) >= 11 is 6.17. The number of likely N-dealkylation sites (N-methyl/N-ethyl adjacent to an activating group) is 1. The summed E-state index contributed by atoms with van der Waals surface area (Å²) in [6.45, 7) is 2.05. The Hall–Kier alpha value is -3.06. The highest BCUT2D eigenvalue weighted by atomic mass is 35.5. The maximum atomic E-state index is 12.8. The molecule has 0 radical (unpaired) electrons. The summed E-state index contributed by atoms with van der Waals surface area (Å²) < 4.78 is 16.3. The first-order valence-electron chi connectivity index (χ1n) is 9.15. The zero-order valence-corrected chi connectivity index (χ0v) is 17.2. The third kappa shape index (κ3) is 5.06. The van der Waals surface area contributed by atoms with Crippen LogP contribution in [0.15, 0.2) is 53.1 Å². The summed E-state index contributed by atoms with van der Waals surface area (Å²) in [4.78, 5) is 18.7. The number of benzene rings is 2. The van der Waals surface area contributed by atoms with E-state index in [4.69, 9.17) is 25.6 Å². The molecule has 0 aliphatic rings. The average Bonchev–Trinajstić information content (AvgIpc) is 3.20. The molecule has 1 atom stereocenters. The van der Waals surface area contributed by atoms with E-state index in [2.05, 4.69) is 10.1 Å². The maximum Gasteiger partial charge on any atom is 0.263 e. The molecule has 8 heteroatoms. The number of amides is 1. The third-order valence-electron chi connectivity index (χ3n) is 4.30. The van der Waals surface area contributed by atoms with Crippen molar-refractivity contribution in [3.8, 4) is 22.9 Å². The van der Waals surface area contributed by atoms with E-state index in [1.807, 2.05) is 31.2 Å². The van der Waals surface area contributed by atoms with Gasteiger partial charge in [0.25, 0.3) is 5.91 Å². The van der Waals surface area contributed by atoms with Crippen LogP contribution in [0.1, 0.15) is 19.2 Å². The Labute approximate surface area is 174 Å². The zero-order valence-electron chi connectivity index (χ0n) is 16.5. The molecule has 1 aromatic heterocycles. The lowest BCUT2D eigenvalue weighted by atomic mass is 10.2. The van der Waals surface area contributed by atoms with Crippen LogP contribution in [0.3, 0.4) is 0 Å². The predicted octanol–water partition coefficient (Wildman–Crippen LogP) is 4.21. The van der Waals surface area contributed by atoms with Crippen LogP contribution < -0.4 is 9.47 Å². The number of ether oxygens (including phenoxy) is 2. The summed E-state index contributed by atoms with van der Waals surface area (Å²) in [5, 5.41) is 4.49. The van der Waals surface area contributed by atoms with Crippen LogP contribution in [-0.4, -0.2) is 41.2 Å². The van der Waals surface area contributed by atoms with E-state index >= 15 is 0 Å². The molecule has 7 nitrogen and oxygen atoms in total. The number of rotatable bonds is 8. The van der Waals surface area contributed by atoms with E-state index in [1.54, 1.807) is 38.4 Å². The number of carbonyl (C=O) groups excluding carboxylic acids is 1. The van der Waals surface area contributed by atoms with Crippen molar-refractivity contribution in [3.63, 3.8) is 0 Å². The van der Waals surface area contributed by atoms with E-state index < -0.39 is 6.10 Å². The molecular formula is C21H22ClN3O4. The van der Waals surface area contributed by atoms with Crippen LogP contribution >= 0.6 is 11.6 Å². The van der Waals surface area contributed by atoms with Crippen LogP contribution in [0.2, 0.25) is 5.02 Å². The molecule has 0 saturated heterocycles. The molecule has 0 aliphatic heterocycles. The van der Waals surface area contributed by atoms with Gasteiger partial charge in [0, 0.05) is 18.7 Å². The van der Waals surface area contributed by atoms with Crippen molar-refractivity contribution in [3.05, 3.63) is 59.4 Å². The highest BCUT2D eigenvalue weighted by molar-refractivity contribution is 6.33. The topological polar surface area (TPSA) is 77.7 Å². The molecule has 2 aromatic carbocycles.